The Hall–Kier alpha value is -3.48. The standard InChI is InChI=1S/C20H14F2N2O3/c1-10-18(11(2)27-23-10)20-13(9-25)19-14(21)4-3-5-17(19)24(20)16-7-6-12(26)8-15(16)22/h3-9,26H,1-2H3. The molecule has 5 nitrogen and oxygen atoms in total. The summed E-state index contributed by atoms with van der Waals surface area (Å²) >= 11 is 0. The van der Waals surface area contributed by atoms with Gasteiger partial charge in [-0.05, 0) is 38.1 Å². The lowest BCUT2D eigenvalue weighted by Gasteiger charge is -2.12. The second-order valence-electron chi connectivity index (χ2n) is 6.18. The highest BCUT2D eigenvalue weighted by atomic mass is 19.1. The number of aryl methyl sites for hydroxylation is 2. The molecule has 2 aromatic carbocycles. The van der Waals surface area contributed by atoms with Gasteiger partial charge in [0.2, 0.25) is 0 Å². The molecule has 0 fully saturated rings. The highest BCUT2D eigenvalue weighted by molar-refractivity contribution is 6.06. The molecule has 1 N–H and O–H groups in total. The number of rotatable bonds is 3. The molecule has 0 aliphatic rings. The number of hydrogen-bond acceptors (Lipinski definition) is 4. The van der Waals surface area contributed by atoms with E-state index in [1.165, 1.54) is 28.8 Å². The van der Waals surface area contributed by atoms with Crippen molar-refractivity contribution in [2.45, 2.75) is 13.8 Å². The number of phenolic OH excluding ortho intramolecular Hbond substituents is 1. The third-order valence-electron chi connectivity index (χ3n) is 4.54. The van der Waals surface area contributed by atoms with Crippen molar-refractivity contribution in [3.05, 3.63) is 65.1 Å². The minimum Gasteiger partial charge on any atom is -0.508 e. The predicted molar refractivity (Wildman–Crippen MR) is 95.2 cm³/mol. The van der Waals surface area contributed by atoms with Crippen LogP contribution >= 0.6 is 0 Å². The lowest BCUT2D eigenvalue weighted by molar-refractivity contribution is 0.112. The number of aromatic hydroxyl groups is 1. The Morgan fingerprint density at radius 2 is 1.93 bits per heavy atom. The van der Waals surface area contributed by atoms with Gasteiger partial charge in [0.15, 0.2) is 12.1 Å². The summed E-state index contributed by atoms with van der Waals surface area (Å²) in [7, 11) is 0. The van der Waals surface area contributed by atoms with Crippen LogP contribution < -0.4 is 0 Å². The van der Waals surface area contributed by atoms with Crippen molar-refractivity contribution >= 4 is 17.2 Å². The molecule has 0 saturated carbocycles. The maximum atomic E-state index is 14.7. The number of hydrogen-bond donors (Lipinski definition) is 1. The summed E-state index contributed by atoms with van der Waals surface area (Å²) in [5.41, 5.74) is 1.71. The first-order chi connectivity index (χ1) is 12.9. The molecule has 7 heteroatoms. The summed E-state index contributed by atoms with van der Waals surface area (Å²) in [5, 5.41) is 13.5. The largest absolute Gasteiger partial charge is 0.508 e. The quantitative estimate of drug-likeness (QED) is 0.532. The number of aromatic nitrogens is 2. The number of nitrogens with zero attached hydrogens (tertiary/aromatic N) is 2. The van der Waals surface area contributed by atoms with E-state index in [1.807, 2.05) is 0 Å². The molecular weight excluding hydrogens is 354 g/mol. The maximum Gasteiger partial charge on any atom is 0.152 e. The van der Waals surface area contributed by atoms with Gasteiger partial charge < -0.3 is 14.2 Å². The number of halogens is 2. The summed E-state index contributed by atoms with van der Waals surface area (Å²) < 4.78 is 36.0. The first-order valence-corrected chi connectivity index (χ1v) is 8.14. The Labute approximate surface area is 152 Å². The van der Waals surface area contributed by atoms with Gasteiger partial charge in [-0.3, -0.25) is 4.79 Å². The summed E-state index contributed by atoms with van der Waals surface area (Å²) in [6, 6.07) is 7.96. The van der Waals surface area contributed by atoms with E-state index in [-0.39, 0.29) is 28.1 Å². The zero-order valence-corrected chi connectivity index (χ0v) is 14.5. The van der Waals surface area contributed by atoms with E-state index in [2.05, 4.69) is 5.16 Å². The highest BCUT2D eigenvalue weighted by Crippen LogP contribution is 2.40. The maximum absolute atomic E-state index is 14.7. The Balaban J connectivity index is 2.25. The van der Waals surface area contributed by atoms with Crippen LogP contribution in [0.4, 0.5) is 8.78 Å². The molecule has 0 radical (unpaired) electrons. The second kappa shape index (κ2) is 6.05. The summed E-state index contributed by atoms with van der Waals surface area (Å²) in [6.45, 7) is 3.35. The predicted octanol–water partition coefficient (Wildman–Crippen LogP) is 4.70. The molecular formula is C20H14F2N2O3. The van der Waals surface area contributed by atoms with Crippen LogP contribution in [0, 0.1) is 25.5 Å². The number of phenols is 1. The van der Waals surface area contributed by atoms with Gasteiger partial charge in [0.25, 0.3) is 0 Å². The topological polar surface area (TPSA) is 68.3 Å². The van der Waals surface area contributed by atoms with Crippen LogP contribution in [0.3, 0.4) is 0 Å². The van der Waals surface area contributed by atoms with E-state index in [1.54, 1.807) is 19.9 Å². The Bertz CT molecular complexity index is 1190. The zero-order valence-electron chi connectivity index (χ0n) is 14.5. The lowest BCUT2D eigenvalue weighted by atomic mass is 10.0. The Morgan fingerprint density at radius 1 is 1.15 bits per heavy atom. The van der Waals surface area contributed by atoms with Gasteiger partial charge in [0, 0.05) is 11.5 Å². The third-order valence-corrected chi connectivity index (χ3v) is 4.54. The molecule has 0 aliphatic carbocycles. The number of fused-ring (bicyclic) bond motifs is 1. The van der Waals surface area contributed by atoms with Crippen LogP contribution in [0.25, 0.3) is 27.8 Å². The van der Waals surface area contributed by atoms with Gasteiger partial charge in [0.1, 0.15) is 17.3 Å². The van der Waals surface area contributed by atoms with Gasteiger partial charge in [-0.15, -0.1) is 0 Å². The van der Waals surface area contributed by atoms with Gasteiger partial charge >= 0.3 is 0 Å². The molecule has 0 unspecified atom stereocenters. The number of carbonyl (C=O) groups excluding carboxylic acids is 1. The Kier molecular flexibility index (Phi) is 3.80. The van der Waals surface area contributed by atoms with E-state index in [9.17, 15) is 18.7 Å². The fourth-order valence-electron chi connectivity index (χ4n) is 3.43. The highest BCUT2D eigenvalue weighted by Gasteiger charge is 2.27. The van der Waals surface area contributed by atoms with Crippen LogP contribution in [-0.2, 0) is 0 Å². The van der Waals surface area contributed by atoms with E-state index < -0.39 is 11.6 Å². The molecule has 0 saturated heterocycles. The zero-order chi connectivity index (χ0) is 19.3. The van der Waals surface area contributed by atoms with Crippen molar-refractivity contribution in [1.82, 2.24) is 9.72 Å². The monoisotopic (exact) mass is 368 g/mol. The second-order valence-corrected chi connectivity index (χ2v) is 6.18. The molecule has 0 aliphatic heterocycles. The first-order valence-electron chi connectivity index (χ1n) is 8.14. The number of benzene rings is 2. The normalized spacial score (nSPS) is 11.3. The van der Waals surface area contributed by atoms with Gasteiger partial charge in [-0.25, -0.2) is 8.78 Å². The molecule has 136 valence electrons. The molecule has 4 aromatic rings. The fraction of sp³-hybridized carbons (Fsp3) is 0.100. The molecule has 0 amide bonds. The smallest absolute Gasteiger partial charge is 0.152 e. The summed E-state index contributed by atoms with van der Waals surface area (Å²) in [6.07, 6.45) is 0.543. The average Bonchev–Trinajstić information content (AvgIpc) is 3.12. The molecule has 4 rings (SSSR count). The third kappa shape index (κ3) is 2.43. The van der Waals surface area contributed by atoms with Gasteiger partial charge in [-0.1, -0.05) is 11.2 Å². The van der Waals surface area contributed by atoms with E-state index in [4.69, 9.17) is 4.52 Å². The van der Waals surface area contributed by atoms with Crippen molar-refractivity contribution in [2.24, 2.45) is 0 Å². The summed E-state index contributed by atoms with van der Waals surface area (Å²) in [4.78, 5) is 11.9. The number of carbonyl (C=O) groups is 1. The minimum absolute atomic E-state index is 0.0616. The van der Waals surface area contributed by atoms with Crippen molar-refractivity contribution in [3.63, 3.8) is 0 Å². The molecule has 0 atom stereocenters. The SMILES string of the molecule is Cc1noc(C)c1-c1c(C=O)c2c(F)cccc2n1-c1ccc(O)cc1F. The molecule has 0 spiro atoms. The van der Waals surface area contributed by atoms with Crippen LogP contribution in [0.5, 0.6) is 5.75 Å². The van der Waals surface area contributed by atoms with Crippen LogP contribution in [0.2, 0.25) is 0 Å². The molecule has 0 bridgehead atoms. The number of aldehydes is 1. The van der Waals surface area contributed by atoms with Gasteiger partial charge in [-0.2, -0.15) is 0 Å². The minimum atomic E-state index is -0.721. The van der Waals surface area contributed by atoms with Crippen LogP contribution in [0.1, 0.15) is 21.8 Å². The Morgan fingerprint density at radius 3 is 2.56 bits per heavy atom. The van der Waals surface area contributed by atoms with Crippen molar-refractivity contribution in [3.8, 4) is 22.7 Å². The van der Waals surface area contributed by atoms with E-state index in [0.717, 1.165) is 6.07 Å². The van der Waals surface area contributed by atoms with Crippen LogP contribution in [-0.4, -0.2) is 21.1 Å². The molecule has 2 aromatic heterocycles. The lowest BCUT2D eigenvalue weighted by Crippen LogP contribution is -2.02. The average molecular weight is 368 g/mol. The molecule has 27 heavy (non-hydrogen) atoms. The van der Waals surface area contributed by atoms with Crippen molar-refractivity contribution < 1.29 is 23.2 Å². The molecule has 2 heterocycles. The first kappa shape index (κ1) is 17.0. The van der Waals surface area contributed by atoms with E-state index in [0.29, 0.717) is 28.8 Å². The van der Waals surface area contributed by atoms with Gasteiger partial charge in [0.05, 0.1) is 33.7 Å². The fourth-order valence-corrected chi connectivity index (χ4v) is 3.43. The van der Waals surface area contributed by atoms with Crippen molar-refractivity contribution in [2.75, 3.05) is 0 Å². The van der Waals surface area contributed by atoms with Crippen molar-refractivity contribution in [1.29, 1.82) is 0 Å². The van der Waals surface area contributed by atoms with Crippen LogP contribution in [0.15, 0.2) is 40.9 Å². The van der Waals surface area contributed by atoms with E-state index >= 15 is 0 Å². The summed E-state index contributed by atoms with van der Waals surface area (Å²) in [5.74, 6) is -1.14.